The Balaban J connectivity index is 2.38. The van der Waals surface area contributed by atoms with Crippen molar-refractivity contribution in [2.45, 2.75) is 97.0 Å². The van der Waals surface area contributed by atoms with Gasteiger partial charge < -0.3 is 14.2 Å². The number of rotatable bonds is 17. The molecule has 0 atom stereocenters. The van der Waals surface area contributed by atoms with Crippen LogP contribution < -0.4 is 0 Å². The Bertz CT molecular complexity index is 588. The van der Waals surface area contributed by atoms with Gasteiger partial charge in [0, 0.05) is 25.2 Å². The average molecular weight is 439 g/mol. The van der Waals surface area contributed by atoms with E-state index in [1.54, 1.807) is 0 Å². The second kappa shape index (κ2) is 17.3. The van der Waals surface area contributed by atoms with Crippen molar-refractivity contribution >= 4 is 18.0 Å². The molecule has 0 aromatic carbocycles. The third kappa shape index (κ3) is 13.5. The molecule has 0 saturated carbocycles. The fourth-order valence-electron chi connectivity index (χ4n) is 3.00. The van der Waals surface area contributed by atoms with Gasteiger partial charge >= 0.3 is 18.0 Å². The maximum atomic E-state index is 12.2. The van der Waals surface area contributed by atoms with Crippen molar-refractivity contribution in [3.8, 4) is 0 Å². The molecular formula is C23H38N2O6. The highest BCUT2D eigenvalue weighted by molar-refractivity contribution is 5.70. The first-order valence-corrected chi connectivity index (χ1v) is 11.6. The Labute approximate surface area is 185 Å². The molecule has 0 spiro atoms. The molecule has 0 aliphatic heterocycles. The summed E-state index contributed by atoms with van der Waals surface area (Å²) in [7, 11) is 0. The van der Waals surface area contributed by atoms with Crippen LogP contribution in [-0.4, -0.2) is 46.9 Å². The lowest BCUT2D eigenvalue weighted by Crippen LogP contribution is -2.22. The maximum Gasteiger partial charge on any atom is 0.419 e. The lowest BCUT2D eigenvalue weighted by molar-refractivity contribution is -0.144. The molecule has 1 rings (SSSR count). The molecular weight excluding hydrogens is 400 g/mol. The normalized spacial score (nSPS) is 10.8. The van der Waals surface area contributed by atoms with Crippen LogP contribution in [0.15, 0.2) is 18.7 Å². The first-order chi connectivity index (χ1) is 15.1. The highest BCUT2D eigenvalue weighted by atomic mass is 16.6. The summed E-state index contributed by atoms with van der Waals surface area (Å²) in [5.41, 5.74) is 0. The van der Waals surface area contributed by atoms with E-state index in [1.807, 2.05) is 0 Å². The molecule has 0 aliphatic rings. The molecule has 0 N–H and O–H groups in total. The van der Waals surface area contributed by atoms with Crippen molar-refractivity contribution < 1.29 is 28.6 Å². The standard InChI is InChI=1S/C23H38N2O6/c1-3-5-7-17-29-21(26)13-9-11-20(31-23(28)25-16-15-24-19-25)12-10-14-22(27)30-18-8-6-4-2/h15-16,19-20H,3-14,17-18H2,1-2H3. The number of nitrogens with zero attached hydrogens (tertiary/aromatic N) is 2. The number of aromatic nitrogens is 2. The zero-order chi connectivity index (χ0) is 22.7. The van der Waals surface area contributed by atoms with Crippen LogP contribution in [0.1, 0.15) is 90.9 Å². The molecule has 8 heteroatoms. The third-order valence-corrected chi connectivity index (χ3v) is 4.82. The molecule has 1 aromatic rings. The number of carbonyl (C=O) groups is 3. The van der Waals surface area contributed by atoms with Crippen molar-refractivity contribution in [2.75, 3.05) is 13.2 Å². The number of carbonyl (C=O) groups excluding carboxylic acids is 3. The average Bonchev–Trinajstić information content (AvgIpc) is 3.29. The van der Waals surface area contributed by atoms with Crippen molar-refractivity contribution in [3.63, 3.8) is 0 Å². The van der Waals surface area contributed by atoms with Crippen molar-refractivity contribution in [2.24, 2.45) is 0 Å². The van der Waals surface area contributed by atoms with Crippen molar-refractivity contribution in [1.82, 2.24) is 9.55 Å². The number of ether oxygens (including phenoxy) is 3. The molecule has 0 unspecified atom stereocenters. The largest absolute Gasteiger partial charge is 0.466 e. The molecule has 0 fully saturated rings. The van der Waals surface area contributed by atoms with Gasteiger partial charge in [-0.3, -0.25) is 9.59 Å². The van der Waals surface area contributed by atoms with Crippen LogP contribution in [0, 0.1) is 0 Å². The van der Waals surface area contributed by atoms with Gasteiger partial charge in [-0.1, -0.05) is 39.5 Å². The van der Waals surface area contributed by atoms with Gasteiger partial charge in [0.15, 0.2) is 0 Å². The number of imidazole rings is 1. The van der Waals surface area contributed by atoms with Gasteiger partial charge in [0.2, 0.25) is 0 Å². The molecule has 1 heterocycles. The summed E-state index contributed by atoms with van der Waals surface area (Å²) in [4.78, 5) is 39.8. The predicted molar refractivity (Wildman–Crippen MR) is 117 cm³/mol. The number of hydrogen-bond acceptors (Lipinski definition) is 7. The lowest BCUT2D eigenvalue weighted by atomic mass is 10.1. The fraction of sp³-hybridized carbons (Fsp3) is 0.739. The topological polar surface area (TPSA) is 96.7 Å². The predicted octanol–water partition coefficient (Wildman–Crippen LogP) is 5.04. The Kier molecular flexibility index (Phi) is 14.9. The molecule has 0 bridgehead atoms. The van der Waals surface area contributed by atoms with E-state index < -0.39 is 12.2 Å². The quantitative estimate of drug-likeness (QED) is 0.191. The number of hydrogen-bond donors (Lipinski definition) is 0. The first-order valence-electron chi connectivity index (χ1n) is 11.6. The Hall–Kier alpha value is -2.38. The van der Waals surface area contributed by atoms with Crippen LogP contribution in [0.5, 0.6) is 0 Å². The monoisotopic (exact) mass is 438 g/mol. The zero-order valence-corrected chi connectivity index (χ0v) is 19.1. The number of esters is 2. The Morgan fingerprint density at radius 1 is 0.839 bits per heavy atom. The Morgan fingerprint density at radius 2 is 1.39 bits per heavy atom. The van der Waals surface area contributed by atoms with E-state index in [2.05, 4.69) is 18.8 Å². The maximum absolute atomic E-state index is 12.2. The van der Waals surface area contributed by atoms with Gasteiger partial charge in [0.05, 0.1) is 13.2 Å². The SMILES string of the molecule is CCCCCOC(=O)CCCC(CCCC(=O)OCCCCC)OC(=O)n1ccnc1. The van der Waals surface area contributed by atoms with Gasteiger partial charge in [-0.25, -0.2) is 14.3 Å². The van der Waals surface area contributed by atoms with Crippen molar-refractivity contribution in [3.05, 3.63) is 18.7 Å². The summed E-state index contributed by atoms with van der Waals surface area (Å²) >= 11 is 0. The summed E-state index contributed by atoms with van der Waals surface area (Å²) in [5, 5.41) is 0. The van der Waals surface area contributed by atoms with Gasteiger partial charge in [0.1, 0.15) is 12.4 Å². The van der Waals surface area contributed by atoms with Crippen LogP contribution in [0.4, 0.5) is 4.79 Å². The first kappa shape index (κ1) is 26.7. The zero-order valence-electron chi connectivity index (χ0n) is 19.1. The summed E-state index contributed by atoms with van der Waals surface area (Å²) in [6, 6.07) is 0. The lowest BCUT2D eigenvalue weighted by Gasteiger charge is -2.17. The van der Waals surface area contributed by atoms with E-state index >= 15 is 0 Å². The minimum absolute atomic E-state index is 0.230. The summed E-state index contributed by atoms with van der Waals surface area (Å²) in [5.74, 6) is -0.460. The summed E-state index contributed by atoms with van der Waals surface area (Å²) < 4.78 is 17.3. The minimum atomic E-state index is -0.521. The fourth-order valence-corrected chi connectivity index (χ4v) is 3.00. The third-order valence-electron chi connectivity index (χ3n) is 4.82. The molecule has 1 aromatic heterocycles. The van der Waals surface area contributed by atoms with Crippen LogP contribution in [0.25, 0.3) is 0 Å². The van der Waals surface area contributed by atoms with Crippen LogP contribution in [0.3, 0.4) is 0 Å². The molecule has 176 valence electrons. The molecule has 0 aliphatic carbocycles. The van der Waals surface area contributed by atoms with Crippen LogP contribution >= 0.6 is 0 Å². The number of unbranched alkanes of at least 4 members (excludes halogenated alkanes) is 4. The molecule has 31 heavy (non-hydrogen) atoms. The van der Waals surface area contributed by atoms with E-state index in [1.165, 1.54) is 23.3 Å². The summed E-state index contributed by atoms with van der Waals surface area (Å²) in [6.45, 7) is 5.09. The van der Waals surface area contributed by atoms with E-state index in [9.17, 15) is 14.4 Å². The molecule has 8 nitrogen and oxygen atoms in total. The van der Waals surface area contributed by atoms with Crippen LogP contribution in [-0.2, 0) is 23.8 Å². The van der Waals surface area contributed by atoms with E-state index in [4.69, 9.17) is 14.2 Å². The molecule has 0 saturated heterocycles. The molecule has 0 radical (unpaired) electrons. The highest BCUT2D eigenvalue weighted by Crippen LogP contribution is 2.15. The van der Waals surface area contributed by atoms with E-state index in [0.717, 1.165) is 38.5 Å². The minimum Gasteiger partial charge on any atom is -0.466 e. The van der Waals surface area contributed by atoms with Gasteiger partial charge in [-0.05, 0) is 38.5 Å². The van der Waals surface area contributed by atoms with E-state index in [-0.39, 0.29) is 24.8 Å². The van der Waals surface area contributed by atoms with Crippen LogP contribution in [0.2, 0.25) is 0 Å². The molecule has 0 amide bonds. The van der Waals surface area contributed by atoms with Gasteiger partial charge in [-0.2, -0.15) is 0 Å². The van der Waals surface area contributed by atoms with Gasteiger partial charge in [-0.15, -0.1) is 0 Å². The van der Waals surface area contributed by atoms with Crippen molar-refractivity contribution in [1.29, 1.82) is 0 Å². The highest BCUT2D eigenvalue weighted by Gasteiger charge is 2.17. The second-order valence-electron chi connectivity index (χ2n) is 7.62. The second-order valence-corrected chi connectivity index (χ2v) is 7.62. The van der Waals surface area contributed by atoms with E-state index in [0.29, 0.717) is 38.9 Å². The smallest absolute Gasteiger partial charge is 0.419 e. The van der Waals surface area contributed by atoms with Gasteiger partial charge in [0.25, 0.3) is 0 Å². The Morgan fingerprint density at radius 3 is 1.84 bits per heavy atom. The summed E-state index contributed by atoms with van der Waals surface area (Å²) in [6.07, 6.45) is 12.2.